The van der Waals surface area contributed by atoms with Crippen molar-refractivity contribution in [1.82, 2.24) is 30.0 Å². The minimum atomic E-state index is -4.92. The second kappa shape index (κ2) is 9.79. The molecule has 1 unspecified atom stereocenters. The molecule has 0 spiro atoms. The first kappa shape index (κ1) is 27.6. The van der Waals surface area contributed by atoms with Crippen LogP contribution < -0.4 is 16.0 Å². The molecule has 2 bridgehead atoms. The Kier molecular flexibility index (Phi) is 6.60. The molecule has 4 heterocycles. The highest BCUT2D eigenvalue weighted by Gasteiger charge is 2.59. The molecule has 3 atom stereocenters. The number of aromatic nitrogens is 4. The summed E-state index contributed by atoms with van der Waals surface area (Å²) in [4.78, 5) is 29.8. The van der Waals surface area contributed by atoms with Crippen molar-refractivity contribution in [1.29, 1.82) is 0 Å². The van der Waals surface area contributed by atoms with E-state index in [9.17, 15) is 31.5 Å². The van der Waals surface area contributed by atoms with Crippen molar-refractivity contribution in [3.05, 3.63) is 52.7 Å². The maximum absolute atomic E-state index is 13.7. The number of nitrogens with one attached hydrogen (secondary N) is 3. The Morgan fingerprint density at radius 2 is 1.83 bits per heavy atom. The highest BCUT2D eigenvalue weighted by atomic mass is 35.5. The van der Waals surface area contributed by atoms with Gasteiger partial charge in [-0.3, -0.25) is 14.3 Å². The Bertz CT molecular complexity index is 1520. The minimum absolute atomic E-state index is 0.0417. The summed E-state index contributed by atoms with van der Waals surface area (Å²) < 4.78 is 69.8. The van der Waals surface area contributed by atoms with Gasteiger partial charge in [0.05, 0.1) is 28.0 Å². The monoisotopic (exact) mass is 597 g/mol. The summed E-state index contributed by atoms with van der Waals surface area (Å²) in [7, 11) is 1.33. The lowest BCUT2D eigenvalue weighted by Crippen LogP contribution is -2.48. The molecule has 1 saturated carbocycles. The van der Waals surface area contributed by atoms with Gasteiger partial charge in [-0.15, -0.1) is 0 Å². The van der Waals surface area contributed by atoms with Gasteiger partial charge >= 0.3 is 6.18 Å². The second-order valence-corrected chi connectivity index (χ2v) is 11.2. The van der Waals surface area contributed by atoms with E-state index >= 15 is 0 Å². The fourth-order valence-electron chi connectivity index (χ4n) is 5.71. The number of alkyl halides is 5. The molecular formula is C26H25ClF5N7O2. The van der Waals surface area contributed by atoms with Crippen molar-refractivity contribution >= 4 is 29.1 Å². The second-order valence-electron chi connectivity index (χ2n) is 10.8. The summed E-state index contributed by atoms with van der Waals surface area (Å²) in [5.74, 6) is -4.45. The number of anilines is 1. The van der Waals surface area contributed by atoms with E-state index in [0.29, 0.717) is 16.8 Å². The molecule has 6 rings (SSSR count). The van der Waals surface area contributed by atoms with Crippen LogP contribution in [0.3, 0.4) is 0 Å². The summed E-state index contributed by atoms with van der Waals surface area (Å²) in [6.45, 7) is 0. The van der Waals surface area contributed by atoms with Gasteiger partial charge in [0.1, 0.15) is 6.04 Å². The molecule has 9 nitrogen and oxygen atoms in total. The third-order valence-corrected chi connectivity index (χ3v) is 8.17. The van der Waals surface area contributed by atoms with Crippen LogP contribution in [0.2, 0.25) is 5.02 Å². The van der Waals surface area contributed by atoms with Crippen molar-refractivity contribution in [3.8, 4) is 11.3 Å². The van der Waals surface area contributed by atoms with Crippen LogP contribution in [0.5, 0.6) is 0 Å². The molecular weight excluding hydrogens is 573 g/mol. The molecule has 3 aliphatic rings. The minimum Gasteiger partial charge on any atom is -0.349 e. The average Bonchev–Trinajstić information content (AvgIpc) is 3.25. The number of hydrogen-bond acceptors (Lipinski definition) is 5. The average molecular weight is 598 g/mol. The van der Waals surface area contributed by atoms with Gasteiger partial charge in [-0.25, -0.2) is 13.8 Å². The molecule has 3 N–H and O–H groups in total. The van der Waals surface area contributed by atoms with Gasteiger partial charge in [0, 0.05) is 43.5 Å². The van der Waals surface area contributed by atoms with Crippen LogP contribution in [-0.2, 0) is 13.2 Å². The van der Waals surface area contributed by atoms with Gasteiger partial charge in [-0.1, -0.05) is 11.6 Å². The van der Waals surface area contributed by atoms with E-state index in [0.717, 1.165) is 42.6 Å². The molecule has 3 fully saturated rings. The fraction of sp³-hybridized carbons (Fsp3) is 0.462. The van der Waals surface area contributed by atoms with Crippen LogP contribution in [0.15, 0.2) is 30.6 Å². The molecule has 0 radical (unpaired) electrons. The third kappa shape index (κ3) is 5.30. The number of fused-ring (bicyclic) bond motifs is 2. The summed E-state index contributed by atoms with van der Waals surface area (Å²) in [6, 6.07) is 3.74. The number of benzene rings is 1. The largest absolute Gasteiger partial charge is 0.435 e. The smallest absolute Gasteiger partial charge is 0.349 e. The molecule has 2 aliphatic heterocycles. The Balaban J connectivity index is 1.17. The van der Waals surface area contributed by atoms with Crippen molar-refractivity contribution in [2.24, 2.45) is 7.05 Å². The van der Waals surface area contributed by atoms with E-state index in [2.05, 4.69) is 26.0 Å². The van der Waals surface area contributed by atoms with Gasteiger partial charge in [-0.05, 0) is 43.9 Å². The SMILES string of the molecule is Cn1c(-c2cn(C3CC3(F)F)nc2C(F)(F)F)cnc1C(=O)Nc1ccc(C(=O)NC2C[C@@H]3CC[C@@H](C2)N3)c(Cl)c1. The van der Waals surface area contributed by atoms with Crippen LogP contribution in [0.4, 0.5) is 27.6 Å². The first-order chi connectivity index (χ1) is 19.3. The fourth-order valence-corrected chi connectivity index (χ4v) is 5.97. The molecule has 2 aromatic heterocycles. The Labute approximate surface area is 235 Å². The van der Waals surface area contributed by atoms with Crippen molar-refractivity contribution in [2.75, 3.05) is 5.32 Å². The van der Waals surface area contributed by atoms with Gasteiger partial charge in [0.2, 0.25) is 0 Å². The molecule has 1 aromatic carbocycles. The van der Waals surface area contributed by atoms with Crippen molar-refractivity contribution in [3.63, 3.8) is 0 Å². The van der Waals surface area contributed by atoms with Crippen LogP contribution in [0.1, 0.15) is 64.8 Å². The first-order valence-corrected chi connectivity index (χ1v) is 13.4. The number of carbonyl (C=O) groups is 2. The number of carbonyl (C=O) groups excluding carboxylic acids is 2. The lowest BCUT2D eigenvalue weighted by Gasteiger charge is -2.29. The Hall–Kier alpha value is -3.52. The third-order valence-electron chi connectivity index (χ3n) is 7.86. The number of rotatable bonds is 6. The number of piperidine rings is 1. The van der Waals surface area contributed by atoms with E-state index in [1.165, 1.54) is 25.2 Å². The van der Waals surface area contributed by atoms with Gasteiger partial charge in [0.25, 0.3) is 17.7 Å². The lowest BCUT2D eigenvalue weighted by atomic mass is 9.99. The topological polar surface area (TPSA) is 106 Å². The Morgan fingerprint density at radius 1 is 1.15 bits per heavy atom. The molecule has 218 valence electrons. The lowest BCUT2D eigenvalue weighted by molar-refractivity contribution is -0.141. The van der Waals surface area contributed by atoms with Crippen LogP contribution in [0, 0.1) is 0 Å². The quantitative estimate of drug-likeness (QED) is 0.354. The number of amides is 2. The first-order valence-electron chi connectivity index (χ1n) is 13.0. The van der Waals surface area contributed by atoms with Crippen molar-refractivity contribution < 1.29 is 31.5 Å². The molecule has 2 saturated heterocycles. The summed E-state index contributed by atoms with van der Waals surface area (Å²) in [5.41, 5.74) is -1.48. The van der Waals surface area contributed by atoms with Crippen molar-refractivity contribution in [2.45, 2.75) is 68.4 Å². The van der Waals surface area contributed by atoms with Crippen LogP contribution >= 0.6 is 11.6 Å². The molecule has 41 heavy (non-hydrogen) atoms. The predicted molar refractivity (Wildman–Crippen MR) is 138 cm³/mol. The molecule has 3 aromatic rings. The predicted octanol–water partition coefficient (Wildman–Crippen LogP) is 4.80. The number of imidazole rings is 1. The van der Waals surface area contributed by atoms with Gasteiger partial charge in [-0.2, -0.15) is 18.3 Å². The summed E-state index contributed by atoms with van der Waals surface area (Å²) in [6.07, 6.45) is 0.291. The van der Waals surface area contributed by atoms with Crippen LogP contribution in [0.25, 0.3) is 11.3 Å². The molecule has 2 amide bonds. The van der Waals surface area contributed by atoms with Gasteiger partial charge in [0.15, 0.2) is 11.5 Å². The highest BCUT2D eigenvalue weighted by Crippen LogP contribution is 2.53. The van der Waals surface area contributed by atoms with E-state index in [1.54, 1.807) is 0 Å². The van der Waals surface area contributed by atoms with Crippen LogP contribution in [-0.4, -0.2) is 55.2 Å². The zero-order chi connectivity index (χ0) is 29.3. The number of nitrogens with zero attached hydrogens (tertiary/aromatic N) is 4. The molecule has 15 heteroatoms. The zero-order valence-corrected chi connectivity index (χ0v) is 22.4. The maximum Gasteiger partial charge on any atom is 0.435 e. The maximum atomic E-state index is 13.7. The van der Waals surface area contributed by atoms with Gasteiger partial charge < -0.3 is 20.5 Å². The number of halogens is 6. The summed E-state index contributed by atoms with van der Waals surface area (Å²) in [5, 5.41) is 12.6. The highest BCUT2D eigenvalue weighted by molar-refractivity contribution is 6.34. The normalized spacial score (nSPS) is 24.8. The van der Waals surface area contributed by atoms with E-state index < -0.39 is 41.7 Å². The van der Waals surface area contributed by atoms with E-state index in [1.807, 2.05) is 0 Å². The Morgan fingerprint density at radius 3 is 2.44 bits per heavy atom. The summed E-state index contributed by atoms with van der Waals surface area (Å²) >= 11 is 6.36. The van der Waals surface area contributed by atoms with E-state index in [4.69, 9.17) is 11.6 Å². The van der Waals surface area contributed by atoms with E-state index in [-0.39, 0.29) is 39.7 Å². The standard InChI is InChI=1S/C26H25ClF5N7O2/c1-38-19(17-11-39(20-9-25(20,28)29)37-21(17)26(30,31)32)10-33-22(38)24(41)35-14-4-5-16(18(27)8-14)23(40)36-15-6-12-2-3-13(7-15)34-12/h4-5,8,10-13,15,20,34H,2-3,6-7,9H2,1H3,(H,35,41)(H,36,40)/t12-,13-,20?/m0/s1. The zero-order valence-electron chi connectivity index (χ0n) is 21.6. The molecule has 1 aliphatic carbocycles. The number of hydrogen-bond donors (Lipinski definition) is 3.